The van der Waals surface area contributed by atoms with Crippen LogP contribution in [-0.2, 0) is 10.0 Å². The molecule has 1 fully saturated rings. The molecule has 1 aliphatic heterocycles. The lowest BCUT2D eigenvalue weighted by atomic mass is 10.1. The molecule has 4 nitrogen and oxygen atoms in total. The van der Waals surface area contributed by atoms with E-state index < -0.39 is 41.0 Å². The summed E-state index contributed by atoms with van der Waals surface area (Å²) in [6.07, 6.45) is -4.23. The van der Waals surface area contributed by atoms with Gasteiger partial charge < -0.3 is 5.73 Å². The topological polar surface area (TPSA) is 63.4 Å². The first-order valence-corrected chi connectivity index (χ1v) is 7.15. The molecule has 0 bridgehead atoms. The molecular formula is C9H17F3N2O2S. The van der Waals surface area contributed by atoms with Crippen molar-refractivity contribution in [2.75, 3.05) is 12.3 Å². The average Bonchev–Trinajstić information content (AvgIpc) is 2.15. The van der Waals surface area contributed by atoms with Gasteiger partial charge in [-0.1, -0.05) is 0 Å². The first-order chi connectivity index (χ1) is 7.72. The van der Waals surface area contributed by atoms with Crippen LogP contribution in [0.3, 0.4) is 0 Å². The van der Waals surface area contributed by atoms with Crippen LogP contribution in [0, 0.1) is 0 Å². The van der Waals surface area contributed by atoms with Crippen molar-refractivity contribution < 1.29 is 21.6 Å². The average molecular weight is 274 g/mol. The van der Waals surface area contributed by atoms with Gasteiger partial charge in [0.2, 0.25) is 10.0 Å². The molecule has 1 aliphatic rings. The maximum Gasteiger partial charge on any atom is 0.389 e. The zero-order valence-corrected chi connectivity index (χ0v) is 10.2. The number of nitrogens with zero attached hydrogens (tertiary/aromatic N) is 1. The molecule has 1 atom stereocenters. The van der Waals surface area contributed by atoms with Crippen LogP contribution in [0.4, 0.5) is 13.2 Å². The third-order valence-electron chi connectivity index (χ3n) is 2.72. The van der Waals surface area contributed by atoms with Crippen molar-refractivity contribution in [2.24, 2.45) is 5.73 Å². The number of sulfonamides is 1. The zero-order chi connectivity index (χ0) is 13.1. The Morgan fingerprint density at radius 2 is 1.94 bits per heavy atom. The van der Waals surface area contributed by atoms with Crippen LogP contribution in [0.25, 0.3) is 0 Å². The lowest BCUT2D eigenvalue weighted by Crippen LogP contribution is -2.49. The Hall–Kier alpha value is -0.340. The first kappa shape index (κ1) is 14.7. The molecule has 1 heterocycles. The molecule has 17 heavy (non-hydrogen) atoms. The van der Waals surface area contributed by atoms with Crippen molar-refractivity contribution in [1.29, 1.82) is 0 Å². The molecule has 8 heteroatoms. The van der Waals surface area contributed by atoms with E-state index in [-0.39, 0.29) is 0 Å². The Morgan fingerprint density at radius 1 is 1.29 bits per heavy atom. The maximum atomic E-state index is 11.9. The molecule has 0 saturated carbocycles. The molecule has 2 N–H and O–H groups in total. The van der Waals surface area contributed by atoms with E-state index in [0.29, 0.717) is 19.4 Å². The molecule has 0 aliphatic carbocycles. The molecule has 0 aromatic rings. The number of piperidine rings is 1. The molecule has 0 radical (unpaired) electrons. The Balaban J connectivity index is 2.50. The van der Waals surface area contributed by atoms with Gasteiger partial charge in [0.1, 0.15) is 0 Å². The largest absolute Gasteiger partial charge is 0.389 e. The van der Waals surface area contributed by atoms with Crippen LogP contribution >= 0.6 is 0 Å². The number of hydrogen-bond acceptors (Lipinski definition) is 3. The van der Waals surface area contributed by atoms with Crippen molar-refractivity contribution in [1.82, 2.24) is 4.31 Å². The molecule has 1 saturated heterocycles. The fourth-order valence-corrected chi connectivity index (χ4v) is 3.52. The summed E-state index contributed by atoms with van der Waals surface area (Å²) in [6, 6.07) is 0. The fourth-order valence-electron chi connectivity index (χ4n) is 1.85. The summed E-state index contributed by atoms with van der Waals surface area (Å²) in [4.78, 5) is 0. The third kappa shape index (κ3) is 4.81. The summed E-state index contributed by atoms with van der Waals surface area (Å²) in [7, 11) is -3.65. The number of halogens is 3. The van der Waals surface area contributed by atoms with E-state index in [9.17, 15) is 21.6 Å². The van der Waals surface area contributed by atoms with Gasteiger partial charge in [-0.05, 0) is 25.7 Å². The highest BCUT2D eigenvalue weighted by Gasteiger charge is 2.32. The van der Waals surface area contributed by atoms with Crippen LogP contribution in [0.5, 0.6) is 0 Å². The summed E-state index contributed by atoms with van der Waals surface area (Å²) in [5.41, 5.74) is 5.65. The van der Waals surface area contributed by atoms with Gasteiger partial charge in [0.25, 0.3) is 0 Å². The molecule has 0 spiro atoms. The summed E-state index contributed by atoms with van der Waals surface area (Å²) in [5, 5.41) is 0. The monoisotopic (exact) mass is 274 g/mol. The summed E-state index contributed by atoms with van der Waals surface area (Å²) < 4.78 is 60.4. The van der Waals surface area contributed by atoms with Gasteiger partial charge in [-0.2, -0.15) is 17.5 Å². The van der Waals surface area contributed by atoms with E-state index in [4.69, 9.17) is 5.73 Å². The maximum absolute atomic E-state index is 11.9. The van der Waals surface area contributed by atoms with Crippen molar-refractivity contribution in [3.8, 4) is 0 Å². The zero-order valence-electron chi connectivity index (χ0n) is 9.41. The van der Waals surface area contributed by atoms with Crippen LogP contribution < -0.4 is 5.73 Å². The van der Waals surface area contributed by atoms with Gasteiger partial charge in [0.15, 0.2) is 0 Å². The van der Waals surface area contributed by atoms with Gasteiger partial charge in [0.05, 0.1) is 11.9 Å². The molecule has 1 unspecified atom stereocenters. The van der Waals surface area contributed by atoms with Crippen LogP contribution in [-0.4, -0.2) is 37.4 Å². The quantitative estimate of drug-likeness (QED) is 0.843. The Labute approximate surface area is 99.0 Å². The fraction of sp³-hybridized carbons (Fsp3) is 1.00. The minimum Gasteiger partial charge on any atom is -0.315 e. The van der Waals surface area contributed by atoms with Gasteiger partial charge in [-0.3, -0.25) is 0 Å². The lowest BCUT2D eigenvalue weighted by Gasteiger charge is -2.31. The van der Waals surface area contributed by atoms with Crippen LogP contribution in [0.2, 0.25) is 0 Å². The number of nitrogens with two attached hydrogens (primary N) is 1. The van der Waals surface area contributed by atoms with E-state index in [0.717, 1.165) is 10.7 Å². The molecule has 102 valence electrons. The Bertz CT molecular complexity index is 343. The van der Waals surface area contributed by atoms with Crippen LogP contribution in [0.15, 0.2) is 0 Å². The van der Waals surface area contributed by atoms with Crippen molar-refractivity contribution in [3.05, 3.63) is 0 Å². The van der Waals surface area contributed by atoms with Crippen molar-refractivity contribution in [3.63, 3.8) is 0 Å². The minimum atomic E-state index is -4.31. The Kier molecular flexibility index (Phi) is 4.79. The summed E-state index contributed by atoms with van der Waals surface area (Å²) in [5.74, 6) is -0.486. The molecule has 1 rings (SSSR count). The number of hydrogen-bond donors (Lipinski definition) is 1. The standard InChI is InChI=1S/C9H17F3N2O2S/c10-9(11,12)5-3-7-17(15,16)14-6-2-1-4-8(14)13/h8H,1-7,13H2. The molecular weight excluding hydrogens is 257 g/mol. The molecule has 0 amide bonds. The Morgan fingerprint density at radius 3 is 2.47 bits per heavy atom. The summed E-state index contributed by atoms with van der Waals surface area (Å²) >= 11 is 0. The van der Waals surface area contributed by atoms with Crippen LogP contribution in [0.1, 0.15) is 32.1 Å². The normalized spacial score (nSPS) is 23.9. The lowest BCUT2D eigenvalue weighted by molar-refractivity contribution is -0.134. The number of rotatable bonds is 4. The smallest absolute Gasteiger partial charge is 0.315 e. The minimum absolute atomic E-state index is 0.315. The first-order valence-electron chi connectivity index (χ1n) is 5.54. The van der Waals surface area contributed by atoms with E-state index in [1.165, 1.54) is 0 Å². The highest BCUT2D eigenvalue weighted by Crippen LogP contribution is 2.23. The highest BCUT2D eigenvalue weighted by molar-refractivity contribution is 7.89. The van der Waals surface area contributed by atoms with Crippen molar-refractivity contribution in [2.45, 2.75) is 44.4 Å². The molecule has 0 aromatic carbocycles. The second-order valence-corrected chi connectivity index (χ2v) is 6.25. The molecule has 0 aromatic heterocycles. The predicted octanol–water partition coefficient (Wildman–Crippen LogP) is 1.43. The number of alkyl halides is 3. The van der Waals surface area contributed by atoms with E-state index >= 15 is 0 Å². The van der Waals surface area contributed by atoms with Crippen molar-refractivity contribution >= 4 is 10.0 Å². The van der Waals surface area contributed by atoms with Gasteiger partial charge >= 0.3 is 6.18 Å². The second kappa shape index (κ2) is 5.53. The van der Waals surface area contributed by atoms with E-state index in [2.05, 4.69) is 0 Å². The summed E-state index contributed by atoms with van der Waals surface area (Å²) in [6.45, 7) is 0.315. The van der Waals surface area contributed by atoms with Gasteiger partial charge in [-0.25, -0.2) is 8.42 Å². The second-order valence-electron chi connectivity index (χ2n) is 4.21. The highest BCUT2D eigenvalue weighted by atomic mass is 32.2. The van der Waals surface area contributed by atoms with E-state index in [1.54, 1.807) is 0 Å². The SMILES string of the molecule is NC1CCCCN1S(=O)(=O)CCCC(F)(F)F. The van der Waals surface area contributed by atoms with Gasteiger partial charge in [0, 0.05) is 13.0 Å². The predicted molar refractivity (Wildman–Crippen MR) is 57.6 cm³/mol. The van der Waals surface area contributed by atoms with Gasteiger partial charge in [-0.15, -0.1) is 0 Å². The van der Waals surface area contributed by atoms with E-state index in [1.807, 2.05) is 0 Å². The third-order valence-corrected chi connectivity index (χ3v) is 4.69.